The summed E-state index contributed by atoms with van der Waals surface area (Å²) in [5, 5.41) is 2.84. The number of rotatable bonds is 8. The fourth-order valence-corrected chi connectivity index (χ4v) is 3.41. The smallest absolute Gasteiger partial charge is 0.262 e. The maximum atomic E-state index is 13.2. The Bertz CT molecular complexity index is 953. The molecule has 3 rings (SSSR count). The third-order valence-corrected chi connectivity index (χ3v) is 5.00. The van der Waals surface area contributed by atoms with Crippen molar-refractivity contribution in [1.29, 1.82) is 0 Å². The van der Waals surface area contributed by atoms with Gasteiger partial charge < -0.3 is 24.4 Å². The van der Waals surface area contributed by atoms with Crippen LogP contribution in [0.4, 0.5) is 11.4 Å². The van der Waals surface area contributed by atoms with E-state index >= 15 is 0 Å². The SMILES string of the molecule is CCOc1ccc(OCC(=O)Nc2ccc3c(c2)N(CC(C)C)C(=O)C(C)(C)CO3)cc1. The maximum absolute atomic E-state index is 13.2. The lowest BCUT2D eigenvalue weighted by atomic mass is 9.92. The van der Waals surface area contributed by atoms with Gasteiger partial charge >= 0.3 is 0 Å². The highest BCUT2D eigenvalue weighted by molar-refractivity contribution is 6.00. The minimum Gasteiger partial charge on any atom is -0.494 e. The van der Waals surface area contributed by atoms with E-state index in [0.29, 0.717) is 42.6 Å². The van der Waals surface area contributed by atoms with Crippen molar-refractivity contribution in [3.63, 3.8) is 0 Å². The normalized spacial score (nSPS) is 14.9. The molecule has 0 fully saturated rings. The topological polar surface area (TPSA) is 77.1 Å². The molecule has 172 valence electrons. The van der Waals surface area contributed by atoms with E-state index in [4.69, 9.17) is 14.2 Å². The molecule has 2 aromatic rings. The number of fused-ring (bicyclic) bond motifs is 1. The summed E-state index contributed by atoms with van der Waals surface area (Å²) in [5.74, 6) is 1.95. The fourth-order valence-electron chi connectivity index (χ4n) is 3.41. The molecule has 0 atom stereocenters. The number of carbonyl (C=O) groups is 2. The zero-order valence-electron chi connectivity index (χ0n) is 19.4. The van der Waals surface area contributed by atoms with E-state index in [9.17, 15) is 9.59 Å². The van der Waals surface area contributed by atoms with Crippen molar-refractivity contribution in [2.24, 2.45) is 11.3 Å². The fraction of sp³-hybridized carbons (Fsp3) is 0.440. The van der Waals surface area contributed by atoms with Crippen molar-refractivity contribution in [2.75, 3.05) is 36.6 Å². The standard InChI is InChI=1S/C25H32N2O5/c1-6-30-19-8-10-20(11-9-19)31-15-23(28)26-18-7-12-22-21(13-18)27(14-17(2)3)24(29)25(4,5)16-32-22/h7-13,17H,6,14-16H2,1-5H3,(H,26,28). The third kappa shape index (κ3) is 5.72. The first-order chi connectivity index (χ1) is 15.2. The van der Waals surface area contributed by atoms with Crippen molar-refractivity contribution < 1.29 is 23.8 Å². The largest absolute Gasteiger partial charge is 0.494 e. The van der Waals surface area contributed by atoms with Gasteiger partial charge in [0.15, 0.2) is 6.61 Å². The zero-order chi connectivity index (χ0) is 23.3. The monoisotopic (exact) mass is 440 g/mol. The number of hydrogen-bond acceptors (Lipinski definition) is 5. The number of nitrogens with zero attached hydrogens (tertiary/aromatic N) is 1. The van der Waals surface area contributed by atoms with Gasteiger partial charge in [-0.05, 0) is 69.2 Å². The molecule has 1 aliphatic rings. The van der Waals surface area contributed by atoms with E-state index in [-0.39, 0.29) is 24.3 Å². The van der Waals surface area contributed by atoms with E-state index < -0.39 is 5.41 Å². The predicted molar refractivity (Wildman–Crippen MR) is 125 cm³/mol. The van der Waals surface area contributed by atoms with Crippen LogP contribution in [-0.2, 0) is 9.59 Å². The van der Waals surface area contributed by atoms with Crippen molar-refractivity contribution in [3.8, 4) is 17.2 Å². The molecule has 1 aliphatic heterocycles. The molecular weight excluding hydrogens is 408 g/mol. The highest BCUT2D eigenvalue weighted by atomic mass is 16.5. The molecule has 32 heavy (non-hydrogen) atoms. The molecule has 1 N–H and O–H groups in total. The second kappa shape index (κ2) is 9.94. The van der Waals surface area contributed by atoms with Crippen LogP contribution in [0.15, 0.2) is 42.5 Å². The quantitative estimate of drug-likeness (QED) is 0.654. The van der Waals surface area contributed by atoms with Crippen LogP contribution in [0.2, 0.25) is 0 Å². The first kappa shape index (κ1) is 23.4. The molecule has 0 aliphatic carbocycles. The third-order valence-electron chi connectivity index (χ3n) is 5.00. The molecule has 7 nitrogen and oxygen atoms in total. The number of anilines is 2. The Morgan fingerprint density at radius 1 is 1.12 bits per heavy atom. The van der Waals surface area contributed by atoms with Gasteiger partial charge in [-0.15, -0.1) is 0 Å². The highest BCUT2D eigenvalue weighted by Crippen LogP contribution is 2.38. The Morgan fingerprint density at radius 3 is 2.41 bits per heavy atom. The van der Waals surface area contributed by atoms with E-state index in [2.05, 4.69) is 19.2 Å². The van der Waals surface area contributed by atoms with E-state index in [0.717, 1.165) is 5.75 Å². The average molecular weight is 441 g/mol. The number of ether oxygens (including phenoxy) is 3. The Hall–Kier alpha value is -3.22. The second-order valence-corrected chi connectivity index (χ2v) is 8.91. The van der Waals surface area contributed by atoms with E-state index in [1.165, 1.54) is 0 Å². The van der Waals surface area contributed by atoms with Gasteiger partial charge in [0.2, 0.25) is 5.91 Å². The summed E-state index contributed by atoms with van der Waals surface area (Å²) in [6.45, 7) is 11.1. The first-order valence-electron chi connectivity index (χ1n) is 10.9. The van der Waals surface area contributed by atoms with Gasteiger partial charge in [-0.25, -0.2) is 0 Å². The molecule has 0 unspecified atom stereocenters. The summed E-state index contributed by atoms with van der Waals surface area (Å²) < 4.78 is 16.9. The van der Waals surface area contributed by atoms with Crippen LogP contribution in [0.5, 0.6) is 17.2 Å². The zero-order valence-corrected chi connectivity index (χ0v) is 19.4. The van der Waals surface area contributed by atoms with Crippen LogP contribution in [0, 0.1) is 11.3 Å². The van der Waals surface area contributed by atoms with Crippen molar-refractivity contribution in [1.82, 2.24) is 0 Å². The molecule has 0 bridgehead atoms. The number of hydrogen-bond donors (Lipinski definition) is 1. The lowest BCUT2D eigenvalue weighted by molar-refractivity contribution is -0.127. The van der Waals surface area contributed by atoms with E-state index in [1.807, 2.05) is 20.8 Å². The Labute approximate surface area is 189 Å². The molecule has 2 amide bonds. The number of amides is 2. The predicted octanol–water partition coefficient (Wildman–Crippen LogP) is 4.51. The molecule has 0 aromatic heterocycles. The van der Waals surface area contributed by atoms with Crippen LogP contribution >= 0.6 is 0 Å². The van der Waals surface area contributed by atoms with Crippen molar-refractivity contribution in [2.45, 2.75) is 34.6 Å². The molecule has 1 heterocycles. The van der Waals surface area contributed by atoms with Crippen LogP contribution < -0.4 is 24.4 Å². The van der Waals surface area contributed by atoms with Gasteiger partial charge in [-0.2, -0.15) is 0 Å². The Balaban J connectivity index is 1.70. The van der Waals surface area contributed by atoms with E-state index in [1.54, 1.807) is 47.4 Å². The maximum Gasteiger partial charge on any atom is 0.262 e. The average Bonchev–Trinajstić information content (AvgIpc) is 2.83. The summed E-state index contributed by atoms with van der Waals surface area (Å²) in [4.78, 5) is 27.4. The summed E-state index contributed by atoms with van der Waals surface area (Å²) in [6, 6.07) is 12.5. The Morgan fingerprint density at radius 2 is 1.78 bits per heavy atom. The summed E-state index contributed by atoms with van der Waals surface area (Å²) in [6.07, 6.45) is 0. The molecule has 0 spiro atoms. The minimum atomic E-state index is -0.636. The van der Waals surface area contributed by atoms with Crippen molar-refractivity contribution >= 4 is 23.2 Å². The molecule has 2 aromatic carbocycles. The van der Waals surface area contributed by atoms with Crippen LogP contribution in [0.25, 0.3) is 0 Å². The molecular formula is C25H32N2O5. The van der Waals surface area contributed by atoms with Crippen LogP contribution in [-0.4, -0.2) is 38.2 Å². The molecule has 0 saturated heterocycles. The lowest BCUT2D eigenvalue weighted by Gasteiger charge is -2.29. The van der Waals surface area contributed by atoms with Gasteiger partial charge in [0.25, 0.3) is 5.91 Å². The van der Waals surface area contributed by atoms with Crippen LogP contribution in [0.3, 0.4) is 0 Å². The lowest BCUT2D eigenvalue weighted by Crippen LogP contribution is -2.43. The minimum absolute atomic E-state index is 0.00672. The molecule has 0 saturated carbocycles. The van der Waals surface area contributed by atoms with Crippen molar-refractivity contribution in [3.05, 3.63) is 42.5 Å². The summed E-state index contributed by atoms with van der Waals surface area (Å²) in [5.41, 5.74) is 0.608. The number of carbonyl (C=O) groups excluding carboxylic acids is 2. The van der Waals surface area contributed by atoms with Gasteiger partial charge in [-0.3, -0.25) is 9.59 Å². The number of nitrogens with one attached hydrogen (secondary N) is 1. The van der Waals surface area contributed by atoms with Gasteiger partial charge in [0.1, 0.15) is 23.9 Å². The summed E-state index contributed by atoms with van der Waals surface area (Å²) >= 11 is 0. The van der Waals surface area contributed by atoms with Gasteiger partial charge in [0, 0.05) is 12.2 Å². The molecule has 7 heteroatoms. The highest BCUT2D eigenvalue weighted by Gasteiger charge is 2.38. The first-order valence-corrected chi connectivity index (χ1v) is 10.9. The van der Waals surface area contributed by atoms with Gasteiger partial charge in [0.05, 0.1) is 17.7 Å². The Kier molecular flexibility index (Phi) is 7.28. The molecule has 0 radical (unpaired) electrons. The second-order valence-electron chi connectivity index (χ2n) is 8.91. The van der Waals surface area contributed by atoms with Crippen LogP contribution in [0.1, 0.15) is 34.6 Å². The number of benzene rings is 2. The summed E-state index contributed by atoms with van der Waals surface area (Å²) in [7, 11) is 0. The van der Waals surface area contributed by atoms with Gasteiger partial charge in [-0.1, -0.05) is 13.8 Å².